The Balaban J connectivity index is 2.73. The number of H-pyrrole nitrogens is 1. The third kappa shape index (κ3) is 1.25. The van der Waals surface area contributed by atoms with Gasteiger partial charge in [-0.3, -0.25) is 0 Å². The second-order valence-electron chi connectivity index (χ2n) is 2.53. The molecule has 0 spiro atoms. The number of halogens is 1. The van der Waals surface area contributed by atoms with Crippen LogP contribution in [-0.4, -0.2) is 9.97 Å². The highest BCUT2D eigenvalue weighted by Crippen LogP contribution is 2.21. The number of thiol groups is 1. The molecule has 0 aliphatic rings. The Morgan fingerprint density at radius 1 is 1.50 bits per heavy atom. The molecule has 0 amide bonds. The fourth-order valence-corrected chi connectivity index (χ4v) is 2.07. The quantitative estimate of drug-likeness (QED) is 0.585. The van der Waals surface area contributed by atoms with E-state index in [1.807, 2.05) is 6.07 Å². The van der Waals surface area contributed by atoms with E-state index in [9.17, 15) is 0 Å². The van der Waals surface area contributed by atoms with Crippen molar-refractivity contribution in [2.75, 3.05) is 0 Å². The minimum absolute atomic E-state index is 0.820. The van der Waals surface area contributed by atoms with Crippen molar-refractivity contribution < 1.29 is 0 Å². The molecule has 4 heteroatoms. The largest absolute Gasteiger partial charge is 0.345 e. The van der Waals surface area contributed by atoms with E-state index >= 15 is 0 Å². The van der Waals surface area contributed by atoms with Crippen LogP contribution in [0.5, 0.6) is 0 Å². The maximum atomic E-state index is 4.35. The van der Waals surface area contributed by atoms with Crippen LogP contribution < -0.4 is 0 Å². The SMILES string of the molecule is Sc1cc2nc[nH]c2cc1CBr. The molecule has 0 aliphatic heterocycles. The summed E-state index contributed by atoms with van der Waals surface area (Å²) in [5, 5.41) is 0.820. The molecule has 1 aromatic heterocycles. The van der Waals surface area contributed by atoms with E-state index in [0.29, 0.717) is 0 Å². The molecule has 1 N–H and O–H groups in total. The summed E-state index contributed by atoms with van der Waals surface area (Å²) in [4.78, 5) is 8.17. The van der Waals surface area contributed by atoms with Gasteiger partial charge < -0.3 is 4.98 Å². The first-order chi connectivity index (χ1) is 5.81. The highest BCUT2D eigenvalue weighted by Gasteiger charge is 2.01. The fourth-order valence-electron chi connectivity index (χ4n) is 1.12. The number of aromatic nitrogens is 2. The lowest BCUT2D eigenvalue weighted by Gasteiger charge is -1.99. The zero-order valence-corrected chi connectivity index (χ0v) is 8.69. The van der Waals surface area contributed by atoms with Crippen molar-refractivity contribution in [3.05, 3.63) is 24.0 Å². The molecule has 0 saturated heterocycles. The summed E-state index contributed by atoms with van der Waals surface area (Å²) in [5.41, 5.74) is 3.20. The molecule has 2 rings (SSSR count). The van der Waals surface area contributed by atoms with E-state index in [4.69, 9.17) is 0 Å². The number of nitrogens with zero attached hydrogens (tertiary/aromatic N) is 1. The van der Waals surface area contributed by atoms with Crippen molar-refractivity contribution in [3.8, 4) is 0 Å². The smallest absolute Gasteiger partial charge is 0.0931 e. The van der Waals surface area contributed by atoms with Gasteiger partial charge in [-0.05, 0) is 17.7 Å². The zero-order valence-electron chi connectivity index (χ0n) is 6.21. The van der Waals surface area contributed by atoms with E-state index in [2.05, 4.69) is 44.6 Å². The van der Waals surface area contributed by atoms with E-state index in [1.54, 1.807) is 6.33 Å². The first-order valence-electron chi connectivity index (χ1n) is 3.52. The summed E-state index contributed by atoms with van der Waals surface area (Å²) in [6, 6.07) is 4.02. The van der Waals surface area contributed by atoms with Crippen LogP contribution in [0, 0.1) is 0 Å². The average Bonchev–Trinajstić information content (AvgIpc) is 2.49. The summed E-state index contributed by atoms with van der Waals surface area (Å²) in [5.74, 6) is 0. The molecular weight excluding hydrogens is 236 g/mol. The molecule has 0 bridgehead atoms. The normalized spacial score (nSPS) is 10.8. The van der Waals surface area contributed by atoms with Crippen LogP contribution in [0.4, 0.5) is 0 Å². The first kappa shape index (κ1) is 8.13. The van der Waals surface area contributed by atoms with Gasteiger partial charge in [0.15, 0.2) is 0 Å². The predicted molar refractivity (Wildman–Crippen MR) is 56.0 cm³/mol. The molecule has 0 fully saturated rings. The fraction of sp³-hybridized carbons (Fsp3) is 0.125. The molecular formula is C8H7BrN2S. The van der Waals surface area contributed by atoms with Crippen LogP contribution in [0.3, 0.4) is 0 Å². The van der Waals surface area contributed by atoms with Crippen molar-refractivity contribution in [1.29, 1.82) is 0 Å². The molecule has 2 aromatic rings. The zero-order chi connectivity index (χ0) is 8.55. The van der Waals surface area contributed by atoms with Gasteiger partial charge in [0.1, 0.15) is 0 Å². The van der Waals surface area contributed by atoms with Crippen LogP contribution >= 0.6 is 28.6 Å². The number of hydrogen-bond acceptors (Lipinski definition) is 2. The Hall–Kier alpha value is -0.480. The minimum Gasteiger partial charge on any atom is -0.345 e. The maximum Gasteiger partial charge on any atom is 0.0931 e. The number of rotatable bonds is 1. The molecule has 2 nitrogen and oxygen atoms in total. The van der Waals surface area contributed by atoms with Gasteiger partial charge in [-0.15, -0.1) is 12.6 Å². The van der Waals surface area contributed by atoms with E-state index in [0.717, 1.165) is 21.3 Å². The first-order valence-corrected chi connectivity index (χ1v) is 5.09. The summed E-state index contributed by atoms with van der Waals surface area (Å²) in [6.45, 7) is 0. The Kier molecular flexibility index (Phi) is 2.11. The number of imidazole rings is 1. The second-order valence-corrected chi connectivity index (χ2v) is 3.58. The number of alkyl halides is 1. The molecule has 12 heavy (non-hydrogen) atoms. The van der Waals surface area contributed by atoms with E-state index in [-0.39, 0.29) is 0 Å². The summed E-state index contributed by atoms with van der Waals surface area (Å²) >= 11 is 7.74. The molecule has 62 valence electrons. The van der Waals surface area contributed by atoms with Crippen LogP contribution in [0.2, 0.25) is 0 Å². The third-order valence-corrected chi connectivity index (χ3v) is 2.79. The number of nitrogens with one attached hydrogen (secondary N) is 1. The third-order valence-electron chi connectivity index (χ3n) is 1.76. The summed E-state index contributed by atoms with van der Waals surface area (Å²) in [6.07, 6.45) is 1.69. The van der Waals surface area contributed by atoms with Crippen LogP contribution in [-0.2, 0) is 5.33 Å². The monoisotopic (exact) mass is 242 g/mol. The Labute approximate surface area is 83.9 Å². The van der Waals surface area contributed by atoms with Crippen molar-refractivity contribution in [1.82, 2.24) is 9.97 Å². The van der Waals surface area contributed by atoms with Crippen molar-refractivity contribution >= 4 is 39.6 Å². The van der Waals surface area contributed by atoms with Crippen LogP contribution in [0.15, 0.2) is 23.4 Å². The molecule has 0 atom stereocenters. The lowest BCUT2D eigenvalue weighted by atomic mass is 10.2. The van der Waals surface area contributed by atoms with E-state index in [1.165, 1.54) is 5.56 Å². The van der Waals surface area contributed by atoms with Gasteiger partial charge in [0.2, 0.25) is 0 Å². The van der Waals surface area contributed by atoms with Crippen molar-refractivity contribution in [2.45, 2.75) is 10.2 Å². The van der Waals surface area contributed by atoms with Crippen LogP contribution in [0.25, 0.3) is 11.0 Å². The molecule has 0 aliphatic carbocycles. The molecule has 1 aromatic carbocycles. The van der Waals surface area contributed by atoms with E-state index < -0.39 is 0 Å². The molecule has 0 saturated carbocycles. The number of hydrogen-bond donors (Lipinski definition) is 2. The Morgan fingerprint density at radius 3 is 3.08 bits per heavy atom. The van der Waals surface area contributed by atoms with Gasteiger partial charge >= 0.3 is 0 Å². The van der Waals surface area contributed by atoms with Gasteiger partial charge in [0.05, 0.1) is 17.4 Å². The number of aromatic amines is 1. The van der Waals surface area contributed by atoms with Gasteiger partial charge in [-0.1, -0.05) is 15.9 Å². The Morgan fingerprint density at radius 2 is 2.33 bits per heavy atom. The lowest BCUT2D eigenvalue weighted by molar-refractivity contribution is 1.30. The maximum absolute atomic E-state index is 4.35. The Bertz CT molecular complexity index is 410. The predicted octanol–water partition coefficient (Wildman–Crippen LogP) is 2.75. The molecule has 0 unspecified atom stereocenters. The number of benzene rings is 1. The summed E-state index contributed by atoms with van der Waals surface area (Å²) < 4.78 is 0. The highest BCUT2D eigenvalue weighted by molar-refractivity contribution is 9.08. The van der Waals surface area contributed by atoms with Gasteiger partial charge in [-0.25, -0.2) is 4.98 Å². The van der Waals surface area contributed by atoms with Gasteiger partial charge in [0, 0.05) is 10.2 Å². The van der Waals surface area contributed by atoms with Crippen LogP contribution in [0.1, 0.15) is 5.56 Å². The second kappa shape index (κ2) is 3.11. The van der Waals surface area contributed by atoms with Gasteiger partial charge in [0.25, 0.3) is 0 Å². The van der Waals surface area contributed by atoms with Gasteiger partial charge in [-0.2, -0.15) is 0 Å². The highest BCUT2D eigenvalue weighted by atomic mass is 79.9. The average molecular weight is 243 g/mol. The number of fused-ring (bicyclic) bond motifs is 1. The molecule has 1 heterocycles. The lowest BCUT2D eigenvalue weighted by Crippen LogP contribution is -1.81. The topological polar surface area (TPSA) is 28.7 Å². The molecule has 0 radical (unpaired) electrons. The summed E-state index contributed by atoms with van der Waals surface area (Å²) in [7, 11) is 0. The van der Waals surface area contributed by atoms with Crippen molar-refractivity contribution in [2.24, 2.45) is 0 Å². The standard InChI is InChI=1S/C8H7BrN2S/c9-3-5-1-6-7(2-8(5)12)11-4-10-6/h1-2,4,12H,3H2,(H,10,11). The van der Waals surface area contributed by atoms with Crippen molar-refractivity contribution in [3.63, 3.8) is 0 Å². The minimum atomic E-state index is 0.820.